The van der Waals surface area contributed by atoms with Gasteiger partial charge in [-0.25, -0.2) is 0 Å². The third-order valence-electron chi connectivity index (χ3n) is 10.7. The maximum absolute atomic E-state index is 14.0. The molecule has 4 aliphatic rings. The van der Waals surface area contributed by atoms with Gasteiger partial charge in [0.15, 0.2) is 23.0 Å². The molecule has 0 spiro atoms. The Kier molecular flexibility index (Phi) is 8.64. The van der Waals surface area contributed by atoms with Crippen molar-refractivity contribution in [3.05, 3.63) is 47.5 Å². The van der Waals surface area contributed by atoms with Gasteiger partial charge in [-0.3, -0.25) is 28.8 Å². The van der Waals surface area contributed by atoms with Crippen molar-refractivity contribution in [1.82, 2.24) is 9.80 Å². The van der Waals surface area contributed by atoms with Crippen LogP contribution >= 0.6 is 0 Å². The molecule has 1 aliphatic heterocycles. The van der Waals surface area contributed by atoms with Crippen LogP contribution in [0.5, 0.6) is 5.75 Å². The summed E-state index contributed by atoms with van der Waals surface area (Å²) in [4.78, 5) is 80.5. The Morgan fingerprint density at radius 2 is 1.70 bits per heavy atom. The number of likely N-dealkylation sites (N-methyl/N-ethyl adjacent to an activating group) is 1. The highest BCUT2D eigenvalue weighted by Crippen LogP contribution is 2.52. The van der Waals surface area contributed by atoms with Crippen molar-refractivity contribution in [2.75, 3.05) is 26.0 Å². The highest BCUT2D eigenvalue weighted by Gasteiger charge is 2.69. The molecular formula is C34H35F3N4O9. The third-order valence-corrected chi connectivity index (χ3v) is 10.7. The number of rotatable bonds is 5. The van der Waals surface area contributed by atoms with Gasteiger partial charge in [-0.2, -0.15) is 13.2 Å². The molecule has 3 amide bonds. The minimum Gasteiger partial charge on any atom is -0.507 e. The van der Waals surface area contributed by atoms with E-state index in [9.17, 15) is 57.3 Å². The number of hydrogen-bond acceptors (Lipinski definition) is 10. The van der Waals surface area contributed by atoms with Gasteiger partial charge in [0.05, 0.1) is 17.6 Å². The Morgan fingerprint density at radius 3 is 2.30 bits per heavy atom. The van der Waals surface area contributed by atoms with Gasteiger partial charge < -0.3 is 36.2 Å². The van der Waals surface area contributed by atoms with E-state index in [4.69, 9.17) is 5.73 Å². The number of phenolic OH excluding ortho intramolecular Hbond substituents is 1. The first-order chi connectivity index (χ1) is 23.4. The second kappa shape index (κ2) is 12.3. The molecular weight excluding hydrogens is 665 g/mol. The molecule has 16 heteroatoms. The Labute approximate surface area is 283 Å². The van der Waals surface area contributed by atoms with E-state index in [-0.39, 0.29) is 43.5 Å². The van der Waals surface area contributed by atoms with Gasteiger partial charge in [0.1, 0.15) is 17.7 Å². The lowest BCUT2D eigenvalue weighted by Crippen LogP contribution is -2.75. The van der Waals surface area contributed by atoms with Gasteiger partial charge >= 0.3 is 12.1 Å². The van der Waals surface area contributed by atoms with Crippen LogP contribution in [0.2, 0.25) is 0 Å². The van der Waals surface area contributed by atoms with Crippen LogP contribution in [0, 0.1) is 23.7 Å². The first-order valence-electron chi connectivity index (χ1n) is 16.0. The summed E-state index contributed by atoms with van der Waals surface area (Å²) in [6.45, 7) is -0.200. The number of likely N-dealkylation sites (tertiary alicyclic amines) is 1. The average Bonchev–Trinajstić information content (AvgIpc) is 3.52. The molecule has 1 heterocycles. The van der Waals surface area contributed by atoms with Gasteiger partial charge in [0, 0.05) is 24.2 Å². The third kappa shape index (κ3) is 5.36. The number of aromatic hydroxyl groups is 1. The van der Waals surface area contributed by atoms with Crippen LogP contribution in [-0.4, -0.2) is 111 Å². The molecule has 266 valence electrons. The molecule has 6 N–H and O–H groups in total. The average molecular weight is 701 g/mol. The minimum absolute atomic E-state index is 0.0563. The topological polar surface area (TPSA) is 208 Å². The molecule has 13 nitrogen and oxygen atoms in total. The molecule has 0 aromatic heterocycles. The van der Waals surface area contributed by atoms with Crippen LogP contribution in [0.25, 0.3) is 11.1 Å². The van der Waals surface area contributed by atoms with E-state index in [1.165, 1.54) is 23.1 Å². The number of nitrogens with one attached hydrogen (secondary N) is 1. The molecule has 3 fully saturated rings. The number of phenols is 1. The highest BCUT2D eigenvalue weighted by atomic mass is 19.4. The van der Waals surface area contributed by atoms with Crippen molar-refractivity contribution >= 4 is 40.8 Å². The van der Waals surface area contributed by atoms with Gasteiger partial charge in [0.25, 0.3) is 0 Å². The largest absolute Gasteiger partial charge is 0.507 e. The molecule has 2 aromatic carbocycles. The zero-order chi connectivity index (χ0) is 36.6. The number of Topliss-reactive ketones (excluding diaryl/α,β-unsaturated/α-hetero) is 3. The molecule has 3 unspecified atom stereocenters. The Morgan fingerprint density at radius 1 is 1.04 bits per heavy atom. The fourth-order valence-electron chi connectivity index (χ4n) is 8.50. The van der Waals surface area contributed by atoms with Crippen molar-refractivity contribution in [2.24, 2.45) is 29.4 Å². The zero-order valence-corrected chi connectivity index (χ0v) is 26.9. The van der Waals surface area contributed by atoms with Crippen LogP contribution in [0.15, 0.2) is 36.4 Å². The fraction of sp³-hybridized carbons (Fsp3) is 0.471. The van der Waals surface area contributed by atoms with E-state index >= 15 is 0 Å². The maximum atomic E-state index is 14.0. The second-order valence-corrected chi connectivity index (χ2v) is 13.7. The first kappa shape index (κ1) is 35.2. The molecule has 2 saturated carbocycles. The number of aliphatic hydroxyl groups excluding tert-OH is 1. The van der Waals surface area contributed by atoms with Crippen molar-refractivity contribution in [1.29, 1.82) is 0 Å². The number of anilines is 1. The predicted octanol–water partition coefficient (Wildman–Crippen LogP) is 0.818. The number of nitrogens with two attached hydrogens (primary N) is 1. The van der Waals surface area contributed by atoms with E-state index in [0.717, 1.165) is 0 Å². The molecule has 0 radical (unpaired) electrons. The normalized spacial score (nSPS) is 30.8. The monoisotopic (exact) mass is 700 g/mol. The number of halogens is 3. The Bertz CT molecular complexity index is 1810. The molecule has 6 rings (SSSR count). The Hall–Kier alpha value is -4.67. The predicted molar refractivity (Wildman–Crippen MR) is 167 cm³/mol. The van der Waals surface area contributed by atoms with Crippen LogP contribution in [0.4, 0.5) is 18.9 Å². The number of primary amides is 1. The number of alkyl halides is 3. The maximum Gasteiger partial charge on any atom is 0.471 e. The van der Waals surface area contributed by atoms with Crippen LogP contribution in [0.3, 0.4) is 0 Å². The standard InChI is InChI=1S/C34H35F3N4O9/c1-40(2)25-19-13-15-12-18-17(14-5-7-16(8-6-14)39-31(48)20-4-3-11-41(20)32(49)34(35,36)37)9-10-21(42)23(18)26(43)22(15)28(45)33(19,50)29(46)24(27(25)44)30(38)47/h5-10,15,19-20,22,24-25,27,42,44,50H,3-4,11-13H2,1-2H3,(H2,38,47)(H,39,48)/t15-,19-,20?,22?,24+,25-,27?,33-/m0/s1. The summed E-state index contributed by atoms with van der Waals surface area (Å²) < 4.78 is 39.1. The summed E-state index contributed by atoms with van der Waals surface area (Å²) in [6.07, 6.45) is -6.45. The Balaban J connectivity index is 1.30. The molecule has 50 heavy (non-hydrogen) atoms. The lowest BCUT2D eigenvalue weighted by atomic mass is 9.52. The highest BCUT2D eigenvalue weighted by molar-refractivity contribution is 6.25. The van der Waals surface area contributed by atoms with Crippen molar-refractivity contribution < 1.29 is 57.3 Å². The lowest BCUT2D eigenvalue weighted by molar-refractivity contribution is -0.190. The molecule has 3 aliphatic carbocycles. The van der Waals surface area contributed by atoms with Crippen LogP contribution in [-0.2, 0) is 30.4 Å². The summed E-state index contributed by atoms with van der Waals surface area (Å²) in [5.41, 5.74) is 4.08. The lowest BCUT2D eigenvalue weighted by Gasteiger charge is -2.54. The van der Waals surface area contributed by atoms with Gasteiger partial charge in [-0.05, 0) is 80.6 Å². The van der Waals surface area contributed by atoms with Crippen molar-refractivity contribution in [3.63, 3.8) is 0 Å². The first-order valence-corrected chi connectivity index (χ1v) is 16.0. The van der Waals surface area contributed by atoms with Crippen LogP contribution < -0.4 is 11.1 Å². The van der Waals surface area contributed by atoms with E-state index in [1.807, 2.05) is 0 Å². The number of aliphatic hydroxyl groups is 2. The van der Waals surface area contributed by atoms with E-state index in [1.54, 1.807) is 32.3 Å². The molecule has 1 saturated heterocycles. The summed E-state index contributed by atoms with van der Waals surface area (Å²) in [7, 11) is 3.10. The SMILES string of the molecule is CN(C)[C@@H]1C(O)[C@@H](C(N)=O)C(=O)[C@@]2(O)C(=O)C3C(=O)c4c(O)ccc(-c5ccc(NC(=O)C6CCCN6C(=O)C(F)(F)F)cc5)c4C[C@H]3C[C@@H]12. The summed E-state index contributed by atoms with van der Waals surface area (Å²) in [6, 6.07) is 6.61. The number of carbonyl (C=O) groups excluding carboxylic acids is 6. The number of amides is 3. The van der Waals surface area contributed by atoms with Gasteiger partial charge in [0.2, 0.25) is 11.8 Å². The van der Waals surface area contributed by atoms with Gasteiger partial charge in [-0.15, -0.1) is 0 Å². The second-order valence-electron chi connectivity index (χ2n) is 13.7. The quantitative estimate of drug-likeness (QED) is 0.278. The van der Waals surface area contributed by atoms with E-state index in [0.29, 0.717) is 21.6 Å². The summed E-state index contributed by atoms with van der Waals surface area (Å²) in [5, 5.41) is 36.2. The number of ketones is 3. The van der Waals surface area contributed by atoms with E-state index < -0.39 is 94.5 Å². The number of benzene rings is 2. The van der Waals surface area contributed by atoms with E-state index in [2.05, 4.69) is 5.32 Å². The number of nitrogens with zero attached hydrogens (tertiary/aromatic N) is 2. The van der Waals surface area contributed by atoms with Crippen molar-refractivity contribution in [3.8, 4) is 16.9 Å². The zero-order valence-electron chi connectivity index (χ0n) is 26.9. The number of carbonyl (C=O) groups is 6. The number of hydrogen-bond donors (Lipinski definition) is 5. The molecule has 8 atom stereocenters. The number of fused-ring (bicyclic) bond motifs is 3. The summed E-state index contributed by atoms with van der Waals surface area (Å²) >= 11 is 0. The van der Waals surface area contributed by atoms with Gasteiger partial charge in [-0.1, -0.05) is 18.2 Å². The van der Waals surface area contributed by atoms with Crippen molar-refractivity contribution in [2.45, 2.75) is 55.6 Å². The van der Waals surface area contributed by atoms with Crippen LogP contribution in [0.1, 0.15) is 35.2 Å². The summed E-state index contributed by atoms with van der Waals surface area (Å²) in [5.74, 6) is -13.1. The fourth-order valence-corrected chi connectivity index (χ4v) is 8.50. The smallest absolute Gasteiger partial charge is 0.471 e. The molecule has 2 aromatic rings. The minimum atomic E-state index is -5.11. The molecule has 0 bridgehead atoms.